The summed E-state index contributed by atoms with van der Waals surface area (Å²) in [6.45, 7) is 0. The minimum absolute atomic E-state index is 0.196. The van der Waals surface area contributed by atoms with Crippen molar-refractivity contribution < 1.29 is 5.11 Å². The number of hydrogen-bond donors (Lipinski definition) is 2. The minimum atomic E-state index is -0.303. The molecule has 0 fully saturated rings. The van der Waals surface area contributed by atoms with Crippen LogP contribution in [0.4, 0.5) is 0 Å². The number of benzene rings is 1. The van der Waals surface area contributed by atoms with E-state index in [-0.39, 0.29) is 11.8 Å². The van der Waals surface area contributed by atoms with Crippen LogP contribution in [0.15, 0.2) is 38.6 Å². The Morgan fingerprint density at radius 3 is 2.62 bits per heavy atom. The van der Waals surface area contributed by atoms with Gasteiger partial charge in [-0.2, -0.15) is 0 Å². The third-order valence-corrected chi connectivity index (χ3v) is 4.30. The molecule has 2 aromatic rings. The third kappa shape index (κ3) is 2.32. The first-order valence-corrected chi connectivity index (χ1v) is 7.03. The van der Waals surface area contributed by atoms with Crippen molar-refractivity contribution in [1.29, 1.82) is 0 Å². The molecule has 0 aliphatic rings. The summed E-state index contributed by atoms with van der Waals surface area (Å²) >= 11 is 8.31. The molecule has 1 atom stereocenters. The molecule has 0 amide bonds. The zero-order valence-electron chi connectivity index (χ0n) is 8.15. The van der Waals surface area contributed by atoms with E-state index in [0.717, 1.165) is 13.8 Å². The fourth-order valence-corrected chi connectivity index (χ4v) is 3.67. The molecule has 0 bridgehead atoms. The van der Waals surface area contributed by atoms with Gasteiger partial charge in [-0.05, 0) is 23.6 Å². The summed E-state index contributed by atoms with van der Waals surface area (Å²) in [4.78, 5) is 1.03. The lowest BCUT2D eigenvalue weighted by Crippen LogP contribution is -2.11. The number of phenolic OH excluding ortho intramolecular Hbond substituents is 1. The quantitative estimate of drug-likeness (QED) is 0.847. The molecular formula is C11H9Br2NOS. The Balaban J connectivity index is 2.48. The average Bonchev–Trinajstić information content (AvgIpc) is 2.67. The minimum Gasteiger partial charge on any atom is -0.508 e. The second-order valence-electron chi connectivity index (χ2n) is 3.31. The monoisotopic (exact) mass is 361 g/mol. The molecule has 84 valence electrons. The van der Waals surface area contributed by atoms with Crippen LogP contribution in [0, 0.1) is 0 Å². The molecule has 0 aliphatic carbocycles. The molecule has 3 N–H and O–H groups in total. The Hall–Kier alpha value is -0.360. The van der Waals surface area contributed by atoms with Crippen LogP contribution in [-0.4, -0.2) is 5.11 Å². The lowest BCUT2D eigenvalue weighted by Gasteiger charge is -2.14. The highest BCUT2D eigenvalue weighted by Crippen LogP contribution is 2.37. The van der Waals surface area contributed by atoms with Gasteiger partial charge in [0.1, 0.15) is 5.75 Å². The fraction of sp³-hybridized carbons (Fsp3) is 0.0909. The Morgan fingerprint density at radius 1 is 1.31 bits per heavy atom. The van der Waals surface area contributed by atoms with E-state index in [1.807, 2.05) is 23.6 Å². The van der Waals surface area contributed by atoms with Crippen molar-refractivity contribution in [3.05, 3.63) is 49.0 Å². The molecule has 5 heteroatoms. The average molecular weight is 363 g/mol. The van der Waals surface area contributed by atoms with E-state index in [1.165, 1.54) is 0 Å². The highest BCUT2D eigenvalue weighted by Gasteiger charge is 2.17. The summed E-state index contributed by atoms with van der Waals surface area (Å²) in [6, 6.07) is 7.13. The Bertz CT molecular complexity index is 476. The predicted molar refractivity (Wildman–Crippen MR) is 73.9 cm³/mol. The Kier molecular flexibility index (Phi) is 3.69. The lowest BCUT2D eigenvalue weighted by molar-refractivity contribution is 0.464. The van der Waals surface area contributed by atoms with E-state index in [4.69, 9.17) is 5.73 Å². The van der Waals surface area contributed by atoms with E-state index >= 15 is 0 Å². The number of nitrogens with two attached hydrogens (primary N) is 1. The van der Waals surface area contributed by atoms with Crippen molar-refractivity contribution in [1.82, 2.24) is 0 Å². The molecule has 1 heterocycles. The van der Waals surface area contributed by atoms with Crippen LogP contribution in [0.25, 0.3) is 0 Å². The number of halogens is 2. The molecule has 0 unspecified atom stereocenters. The molecule has 1 aromatic carbocycles. The fourth-order valence-electron chi connectivity index (χ4n) is 1.49. The number of aromatic hydroxyl groups is 1. The van der Waals surface area contributed by atoms with Crippen molar-refractivity contribution in [3.63, 3.8) is 0 Å². The van der Waals surface area contributed by atoms with Crippen LogP contribution in [-0.2, 0) is 0 Å². The Labute approximate surface area is 114 Å². The van der Waals surface area contributed by atoms with Crippen LogP contribution in [0.2, 0.25) is 0 Å². The third-order valence-electron chi connectivity index (χ3n) is 2.23. The van der Waals surface area contributed by atoms with Gasteiger partial charge in [-0.25, -0.2) is 0 Å². The maximum Gasteiger partial charge on any atom is 0.122 e. The van der Waals surface area contributed by atoms with Crippen molar-refractivity contribution >= 4 is 43.2 Å². The molecule has 2 nitrogen and oxygen atoms in total. The van der Waals surface area contributed by atoms with E-state index in [0.29, 0.717) is 5.56 Å². The van der Waals surface area contributed by atoms with Gasteiger partial charge in [0.15, 0.2) is 0 Å². The summed E-state index contributed by atoms with van der Waals surface area (Å²) in [6.07, 6.45) is 0. The van der Waals surface area contributed by atoms with Crippen molar-refractivity contribution in [3.8, 4) is 5.75 Å². The van der Waals surface area contributed by atoms with Gasteiger partial charge in [-0.1, -0.05) is 37.9 Å². The first-order valence-electron chi connectivity index (χ1n) is 4.56. The largest absolute Gasteiger partial charge is 0.508 e. The molecular weight excluding hydrogens is 354 g/mol. The van der Waals surface area contributed by atoms with Crippen LogP contribution in [0.1, 0.15) is 16.5 Å². The Morgan fingerprint density at radius 2 is 2.06 bits per heavy atom. The molecule has 0 saturated heterocycles. The summed E-state index contributed by atoms with van der Waals surface area (Å²) < 4.78 is 1.62. The van der Waals surface area contributed by atoms with Crippen LogP contribution in [0.3, 0.4) is 0 Å². The van der Waals surface area contributed by atoms with Crippen molar-refractivity contribution in [2.75, 3.05) is 0 Å². The topological polar surface area (TPSA) is 46.2 Å². The summed E-state index contributed by atoms with van der Waals surface area (Å²) in [5.41, 5.74) is 6.83. The maximum atomic E-state index is 9.91. The van der Waals surface area contributed by atoms with Crippen LogP contribution >= 0.6 is 43.2 Å². The van der Waals surface area contributed by atoms with Gasteiger partial charge < -0.3 is 10.8 Å². The number of rotatable bonds is 2. The highest BCUT2D eigenvalue weighted by molar-refractivity contribution is 9.11. The molecule has 0 aliphatic heterocycles. The molecule has 16 heavy (non-hydrogen) atoms. The predicted octanol–water partition coefficient (Wildman–Crippen LogP) is 4.03. The van der Waals surface area contributed by atoms with Gasteiger partial charge in [0.25, 0.3) is 0 Å². The first-order chi connectivity index (χ1) is 7.59. The molecule has 2 rings (SSSR count). The van der Waals surface area contributed by atoms with Gasteiger partial charge in [0, 0.05) is 19.4 Å². The molecule has 0 spiro atoms. The highest BCUT2D eigenvalue weighted by atomic mass is 79.9. The standard InChI is InChI=1S/C11H9Br2NOS/c12-6-4-7(13)10(8(15)5-6)11(14)9-2-1-3-16-9/h1-5,11,15H,14H2/t11-/m0/s1. The summed E-state index contributed by atoms with van der Waals surface area (Å²) in [5.74, 6) is 0.196. The number of phenols is 1. The maximum absolute atomic E-state index is 9.91. The van der Waals surface area contributed by atoms with Gasteiger partial charge in [-0.3, -0.25) is 0 Å². The molecule has 1 aromatic heterocycles. The van der Waals surface area contributed by atoms with Gasteiger partial charge in [-0.15, -0.1) is 11.3 Å². The van der Waals surface area contributed by atoms with Crippen molar-refractivity contribution in [2.45, 2.75) is 6.04 Å². The lowest BCUT2D eigenvalue weighted by atomic mass is 10.1. The van der Waals surface area contributed by atoms with E-state index in [9.17, 15) is 5.11 Å². The van der Waals surface area contributed by atoms with Gasteiger partial charge in [0.05, 0.1) is 6.04 Å². The second-order valence-corrected chi connectivity index (χ2v) is 6.06. The normalized spacial score (nSPS) is 12.7. The first kappa shape index (κ1) is 12.1. The smallest absolute Gasteiger partial charge is 0.122 e. The van der Waals surface area contributed by atoms with E-state index in [1.54, 1.807) is 17.4 Å². The summed E-state index contributed by atoms with van der Waals surface area (Å²) in [7, 11) is 0. The zero-order chi connectivity index (χ0) is 11.7. The molecule has 0 radical (unpaired) electrons. The van der Waals surface area contributed by atoms with E-state index in [2.05, 4.69) is 31.9 Å². The number of thiophene rings is 1. The van der Waals surface area contributed by atoms with Crippen LogP contribution < -0.4 is 5.73 Å². The molecule has 0 saturated carbocycles. The van der Waals surface area contributed by atoms with Gasteiger partial charge in [0.2, 0.25) is 0 Å². The summed E-state index contributed by atoms with van der Waals surface area (Å²) in [5, 5.41) is 11.9. The SMILES string of the molecule is N[C@@H](c1cccs1)c1c(O)cc(Br)cc1Br. The number of hydrogen-bond acceptors (Lipinski definition) is 3. The van der Waals surface area contributed by atoms with Crippen molar-refractivity contribution in [2.24, 2.45) is 5.73 Å². The van der Waals surface area contributed by atoms with Crippen LogP contribution in [0.5, 0.6) is 5.75 Å². The zero-order valence-corrected chi connectivity index (χ0v) is 12.1. The second kappa shape index (κ2) is 4.87. The van der Waals surface area contributed by atoms with Gasteiger partial charge >= 0.3 is 0 Å². The van der Waals surface area contributed by atoms with E-state index < -0.39 is 0 Å².